The van der Waals surface area contributed by atoms with Crippen molar-refractivity contribution < 1.29 is 47.9 Å². The van der Waals surface area contributed by atoms with Crippen LogP contribution in [0.25, 0.3) is 0 Å². The summed E-state index contributed by atoms with van der Waals surface area (Å²) >= 11 is 3.33. The number of carboxylic acids is 1. The molecule has 0 radical (unpaired) electrons. The summed E-state index contributed by atoms with van der Waals surface area (Å²) in [7, 11) is 3.07. The molecule has 4 heterocycles. The first-order chi connectivity index (χ1) is 28.6. The van der Waals surface area contributed by atoms with Crippen LogP contribution < -0.4 is 18.9 Å². The molecule has 2 saturated heterocycles. The number of aliphatic carboxylic acids is 1. The maximum atomic E-state index is 13.5. The Morgan fingerprint density at radius 3 is 1.68 bits per heavy atom. The third-order valence-electron chi connectivity index (χ3n) is 10.2. The van der Waals surface area contributed by atoms with E-state index in [9.17, 15) is 14.4 Å². The van der Waals surface area contributed by atoms with Crippen molar-refractivity contribution in [2.45, 2.75) is 51.0 Å². The molecule has 4 aliphatic rings. The van der Waals surface area contributed by atoms with E-state index in [4.69, 9.17) is 38.3 Å². The summed E-state index contributed by atoms with van der Waals surface area (Å²) in [5.74, 6) is 0.460. The molecule has 2 fully saturated rings. The van der Waals surface area contributed by atoms with Crippen LogP contribution in [0.15, 0.2) is 76.8 Å². The number of aliphatic imine (C=N–C) groups is 2. The van der Waals surface area contributed by atoms with Crippen molar-refractivity contribution in [1.29, 1.82) is 4.78 Å². The minimum atomic E-state index is -1.02. The summed E-state index contributed by atoms with van der Waals surface area (Å²) in [5.41, 5.74) is 6.67. The second kappa shape index (κ2) is 19.7. The summed E-state index contributed by atoms with van der Waals surface area (Å²) in [5, 5.41) is 8.75. The van der Waals surface area contributed by atoms with Gasteiger partial charge >= 0.3 is 5.97 Å². The van der Waals surface area contributed by atoms with Gasteiger partial charge in [0.15, 0.2) is 23.0 Å². The van der Waals surface area contributed by atoms with Crippen LogP contribution in [0.3, 0.4) is 0 Å². The molecule has 0 unspecified atom stereocenters. The zero-order valence-electron chi connectivity index (χ0n) is 33.1. The van der Waals surface area contributed by atoms with Gasteiger partial charge in [0, 0.05) is 56.7 Å². The average Bonchev–Trinajstić information content (AvgIpc) is 3.75. The van der Waals surface area contributed by atoms with E-state index in [1.807, 2.05) is 6.07 Å². The molecular weight excluding hydrogens is 779 g/mol. The first kappa shape index (κ1) is 42.6. The molecule has 310 valence electrons. The quantitative estimate of drug-likeness (QED) is 0.117. The van der Waals surface area contributed by atoms with E-state index in [2.05, 4.69) is 47.7 Å². The third-order valence-corrected chi connectivity index (χ3v) is 10.2. The smallest absolute Gasteiger partial charge is 0.329 e. The van der Waals surface area contributed by atoms with Gasteiger partial charge in [-0.1, -0.05) is 36.4 Å². The van der Waals surface area contributed by atoms with Gasteiger partial charge in [-0.15, -0.1) is 0 Å². The number of aryl methyl sites for hydroxylation is 1. The van der Waals surface area contributed by atoms with Crippen LogP contribution in [0, 0.1) is 4.78 Å². The monoisotopic (exact) mass is 825 g/mol. The van der Waals surface area contributed by atoms with E-state index in [1.54, 1.807) is 46.5 Å². The summed E-state index contributed by atoms with van der Waals surface area (Å²) in [6.45, 7) is 10.1. The van der Waals surface area contributed by atoms with E-state index in [0.29, 0.717) is 97.5 Å². The standard InChI is InChI=1S/C43H46N4O10.HNS/c1-26-10-31-19-44-35-17-39(37(52-3)15-33(35)42(50)46(31)21-26)56-23-29-12-28(6-5-7-54-8-9-55-25-41(48)49)13-30(14-29)24-57-40-18-36-34(16-38(40)53-4)43(51)47-22-27(2)11-32(47)20-45-36;1-2/h12-20,31-32H,1-2,5-11,21-25H2,3-4H3,(H,48,49);1H/t31-,32-;/m0./s1. The van der Waals surface area contributed by atoms with Crippen LogP contribution in [-0.2, 0) is 46.3 Å². The fraction of sp³-hybridized carbons (Fsp3) is 0.372. The largest absolute Gasteiger partial charge is 0.493 e. The van der Waals surface area contributed by atoms with Crippen molar-refractivity contribution >= 4 is 54.0 Å². The number of carbonyl (C=O) groups is 3. The van der Waals surface area contributed by atoms with Crippen LogP contribution >= 0.6 is 0 Å². The Balaban J connectivity index is 0.00000288. The molecule has 16 heteroatoms. The summed E-state index contributed by atoms with van der Waals surface area (Å²) < 4.78 is 40.1. The number of amides is 2. The number of carboxylic acid groups (broad SMARTS) is 1. The van der Waals surface area contributed by atoms with Crippen LogP contribution in [-0.4, -0.2) is 111 Å². The predicted octanol–water partition coefficient (Wildman–Crippen LogP) is 6.18. The van der Waals surface area contributed by atoms with Crippen LogP contribution in [0.5, 0.6) is 23.0 Å². The molecule has 2 atom stereocenters. The number of carbonyl (C=O) groups excluding carboxylic acids is 2. The van der Waals surface area contributed by atoms with Crippen molar-refractivity contribution in [1.82, 2.24) is 9.80 Å². The van der Waals surface area contributed by atoms with Crippen molar-refractivity contribution in [3.8, 4) is 23.0 Å². The third kappa shape index (κ3) is 10.2. The van der Waals surface area contributed by atoms with Gasteiger partial charge in [-0.2, -0.15) is 0 Å². The van der Waals surface area contributed by atoms with Gasteiger partial charge in [-0.25, -0.2) is 9.57 Å². The summed E-state index contributed by atoms with van der Waals surface area (Å²) in [6.07, 6.45) is 6.35. The van der Waals surface area contributed by atoms with E-state index in [1.165, 1.54) is 14.2 Å². The lowest BCUT2D eigenvalue weighted by atomic mass is 10.0. The van der Waals surface area contributed by atoms with E-state index in [-0.39, 0.29) is 50.3 Å². The average molecular weight is 826 g/mol. The molecule has 0 spiro atoms. The number of rotatable bonds is 17. The number of nitrogens with zero attached hydrogens (tertiary/aromatic N) is 4. The zero-order chi connectivity index (χ0) is 42.1. The summed E-state index contributed by atoms with van der Waals surface area (Å²) in [4.78, 5) is 50.5. The molecule has 3 aromatic carbocycles. The van der Waals surface area contributed by atoms with E-state index < -0.39 is 5.97 Å². The molecule has 4 aliphatic heterocycles. The molecule has 15 nitrogen and oxygen atoms in total. The van der Waals surface area contributed by atoms with Crippen molar-refractivity contribution in [3.63, 3.8) is 0 Å². The second-order valence-corrected chi connectivity index (χ2v) is 14.4. The Labute approximate surface area is 347 Å². The molecule has 0 bridgehead atoms. The second-order valence-electron chi connectivity index (χ2n) is 14.4. The molecule has 2 amide bonds. The van der Waals surface area contributed by atoms with Crippen LogP contribution in [0.2, 0.25) is 0 Å². The number of benzene rings is 3. The Morgan fingerprint density at radius 1 is 0.729 bits per heavy atom. The lowest BCUT2D eigenvalue weighted by Gasteiger charge is -2.20. The van der Waals surface area contributed by atoms with E-state index >= 15 is 0 Å². The Hall–Kier alpha value is -5.97. The number of nitrogens with one attached hydrogen (secondary N) is 1. The normalized spacial score (nSPS) is 17.6. The van der Waals surface area contributed by atoms with Gasteiger partial charge in [-0.3, -0.25) is 19.6 Å². The molecule has 59 heavy (non-hydrogen) atoms. The van der Waals surface area contributed by atoms with Crippen LogP contribution in [0.1, 0.15) is 56.7 Å². The van der Waals surface area contributed by atoms with E-state index in [0.717, 1.165) is 27.8 Å². The lowest BCUT2D eigenvalue weighted by molar-refractivity contribution is -0.142. The van der Waals surface area contributed by atoms with Gasteiger partial charge in [0.05, 0.1) is 62.0 Å². The lowest BCUT2D eigenvalue weighted by Crippen LogP contribution is -2.35. The molecule has 0 aromatic heterocycles. The minimum Gasteiger partial charge on any atom is -0.493 e. The first-order valence-electron chi connectivity index (χ1n) is 19.0. The van der Waals surface area contributed by atoms with Crippen molar-refractivity contribution in [3.05, 3.63) is 94.6 Å². The molecule has 0 aliphatic carbocycles. The zero-order valence-corrected chi connectivity index (χ0v) is 33.9. The molecule has 7 rings (SSSR count). The Morgan fingerprint density at radius 2 is 1.20 bits per heavy atom. The predicted molar refractivity (Wildman–Crippen MR) is 222 cm³/mol. The fourth-order valence-corrected chi connectivity index (χ4v) is 7.44. The van der Waals surface area contributed by atoms with Gasteiger partial charge in [0.25, 0.3) is 11.8 Å². The topological polar surface area (TPSA) is 182 Å². The van der Waals surface area contributed by atoms with Gasteiger partial charge in [-0.05, 0) is 60.6 Å². The van der Waals surface area contributed by atoms with Crippen LogP contribution in [0.4, 0.5) is 11.4 Å². The maximum absolute atomic E-state index is 13.5. The highest BCUT2D eigenvalue weighted by molar-refractivity contribution is 7.45. The SMILES string of the molecule is C=C1C[C@H]2C=Nc3cc(OCc4cc(CCCOCCOCC(=O)O)cc(COc5cc6c(cc5OC)C(=O)N5CC(=C)C[C@H]5C=N6)c4)c(OC)cc3C(=O)N2C1.N=S. The number of fused-ring (bicyclic) bond motifs is 4. The van der Waals surface area contributed by atoms with Gasteiger partial charge in [0.1, 0.15) is 19.8 Å². The molecule has 3 aromatic rings. The number of ether oxygens (including phenoxy) is 6. The number of methoxy groups -OCH3 is 2. The number of hydrogen-bond acceptors (Lipinski definition) is 13. The number of hydrogen-bond donors (Lipinski definition) is 2. The molecular formula is C43H47N5O10S. The Kier molecular flexibility index (Phi) is 14.2. The van der Waals surface area contributed by atoms with Crippen molar-refractivity contribution in [2.24, 2.45) is 9.98 Å². The maximum Gasteiger partial charge on any atom is 0.329 e. The van der Waals surface area contributed by atoms with Gasteiger partial charge in [0.2, 0.25) is 0 Å². The Bertz CT molecular complexity index is 2040. The molecule has 0 saturated carbocycles. The first-order valence-corrected chi connectivity index (χ1v) is 19.4. The highest BCUT2D eigenvalue weighted by Gasteiger charge is 2.35. The summed E-state index contributed by atoms with van der Waals surface area (Å²) in [6, 6.07) is 12.7. The fourth-order valence-electron chi connectivity index (χ4n) is 7.44. The van der Waals surface area contributed by atoms with Crippen molar-refractivity contribution in [2.75, 3.05) is 53.7 Å². The highest BCUT2D eigenvalue weighted by Crippen LogP contribution is 2.40. The highest BCUT2D eigenvalue weighted by atomic mass is 32.1. The minimum absolute atomic E-state index is 0.124. The van der Waals surface area contributed by atoms with Gasteiger partial charge < -0.3 is 43.3 Å². The molecule has 2 N–H and O–H groups in total.